The Hall–Kier alpha value is -3.08. The molecule has 0 bridgehead atoms. The van der Waals surface area contributed by atoms with Gasteiger partial charge in [-0.3, -0.25) is 4.79 Å². The summed E-state index contributed by atoms with van der Waals surface area (Å²) in [6.45, 7) is 1.15. The van der Waals surface area contributed by atoms with E-state index in [-0.39, 0.29) is 26.1 Å². The zero-order valence-electron chi connectivity index (χ0n) is 20.1. The van der Waals surface area contributed by atoms with Gasteiger partial charge in [0.25, 0.3) is 0 Å². The van der Waals surface area contributed by atoms with Crippen molar-refractivity contribution in [2.75, 3.05) is 6.61 Å². The molecule has 36 heavy (non-hydrogen) atoms. The van der Waals surface area contributed by atoms with Crippen LogP contribution in [0.2, 0.25) is 0 Å². The third-order valence-corrected chi connectivity index (χ3v) is 6.12. The van der Waals surface area contributed by atoms with E-state index in [1.54, 1.807) is 12.2 Å². The number of aliphatic carboxylic acids is 1. The molecule has 0 aliphatic carbocycles. The van der Waals surface area contributed by atoms with E-state index >= 15 is 0 Å². The van der Waals surface area contributed by atoms with Crippen LogP contribution in [0.1, 0.15) is 30.9 Å². The monoisotopic (exact) mass is 499 g/mol. The minimum atomic E-state index is -1.88. The van der Waals surface area contributed by atoms with Crippen molar-refractivity contribution in [3.05, 3.63) is 77.9 Å². The maximum Gasteiger partial charge on any atom is 0.336 e. The maximum absolute atomic E-state index is 12.3. The lowest BCUT2D eigenvalue weighted by Crippen LogP contribution is -2.67. The average molecular weight is 500 g/mol. The predicted molar refractivity (Wildman–Crippen MR) is 132 cm³/mol. The van der Waals surface area contributed by atoms with Crippen LogP contribution in [0.4, 0.5) is 0 Å². The molecule has 1 amide bonds. The Morgan fingerprint density at radius 1 is 1.14 bits per heavy atom. The van der Waals surface area contributed by atoms with Gasteiger partial charge in [-0.2, -0.15) is 0 Å². The number of carbonyl (C=O) groups excluding carboxylic acids is 1. The zero-order valence-corrected chi connectivity index (χ0v) is 20.1. The lowest BCUT2D eigenvalue weighted by atomic mass is 9.81. The summed E-state index contributed by atoms with van der Waals surface area (Å²) < 4.78 is 11.4. The molecule has 1 heterocycles. The van der Waals surface area contributed by atoms with Gasteiger partial charge in [0.1, 0.15) is 18.3 Å². The van der Waals surface area contributed by atoms with Crippen molar-refractivity contribution >= 4 is 18.0 Å². The fourth-order valence-corrected chi connectivity index (χ4v) is 4.26. The van der Waals surface area contributed by atoms with Gasteiger partial charge in [-0.15, -0.1) is 0 Å². The number of carboxylic acids is 1. The van der Waals surface area contributed by atoms with E-state index in [4.69, 9.17) is 9.47 Å². The summed E-state index contributed by atoms with van der Waals surface area (Å²) in [7, 11) is 0. The van der Waals surface area contributed by atoms with Crippen molar-refractivity contribution in [1.82, 2.24) is 5.32 Å². The molecule has 0 saturated carbocycles. The normalized spacial score (nSPS) is 25.8. The topological polar surface area (TPSA) is 146 Å². The largest absolute Gasteiger partial charge is 0.479 e. The molecule has 1 fully saturated rings. The summed E-state index contributed by atoms with van der Waals surface area (Å²) in [6.07, 6.45) is -2.94. The van der Waals surface area contributed by atoms with Gasteiger partial charge in [0, 0.05) is 19.8 Å². The third kappa shape index (κ3) is 7.22. The Labute approximate surface area is 210 Å². The SMILES string of the molecule is CC(=O)N[C@H]1[C@H]([C@H](O)[C@H](O)COCc2ccccc2)O[C@@](C/C=C/c2ccccc2)(C(=O)O)C[C@@H]1O. The maximum atomic E-state index is 12.3. The number of benzene rings is 2. The second-order valence-electron chi connectivity index (χ2n) is 8.96. The van der Waals surface area contributed by atoms with Gasteiger partial charge < -0.3 is 35.2 Å². The van der Waals surface area contributed by atoms with Crippen LogP contribution in [-0.4, -0.2) is 75.0 Å². The van der Waals surface area contributed by atoms with E-state index in [1.165, 1.54) is 6.92 Å². The predicted octanol–water partition coefficient (Wildman–Crippen LogP) is 1.51. The highest BCUT2D eigenvalue weighted by Crippen LogP contribution is 2.35. The summed E-state index contributed by atoms with van der Waals surface area (Å²) in [5.74, 6) is -1.82. The minimum absolute atomic E-state index is 0.106. The second kappa shape index (κ2) is 12.8. The van der Waals surface area contributed by atoms with E-state index in [1.807, 2.05) is 60.7 Å². The van der Waals surface area contributed by atoms with E-state index in [9.17, 15) is 30.0 Å². The van der Waals surface area contributed by atoms with Gasteiger partial charge >= 0.3 is 5.97 Å². The second-order valence-corrected chi connectivity index (χ2v) is 8.96. The first-order valence-corrected chi connectivity index (χ1v) is 11.8. The number of carboxylic acid groups (broad SMARTS) is 1. The van der Waals surface area contributed by atoms with Gasteiger partial charge in [0.2, 0.25) is 5.91 Å². The highest BCUT2D eigenvalue weighted by atomic mass is 16.6. The molecule has 0 aromatic heterocycles. The molecule has 1 saturated heterocycles. The Morgan fingerprint density at radius 2 is 1.78 bits per heavy atom. The highest BCUT2D eigenvalue weighted by Gasteiger charge is 2.54. The van der Waals surface area contributed by atoms with Crippen LogP contribution in [0, 0.1) is 0 Å². The molecule has 2 aromatic rings. The third-order valence-electron chi connectivity index (χ3n) is 6.12. The Balaban J connectivity index is 1.76. The van der Waals surface area contributed by atoms with Crippen molar-refractivity contribution in [2.24, 2.45) is 0 Å². The summed E-state index contributed by atoms with van der Waals surface area (Å²) in [5, 5.41) is 44.9. The number of amides is 1. The molecule has 1 aliphatic heterocycles. The van der Waals surface area contributed by atoms with Crippen molar-refractivity contribution in [2.45, 2.75) is 62.4 Å². The average Bonchev–Trinajstić information content (AvgIpc) is 2.86. The smallest absolute Gasteiger partial charge is 0.336 e. The van der Waals surface area contributed by atoms with Crippen molar-refractivity contribution < 1.29 is 39.5 Å². The number of aliphatic hydroxyl groups excluding tert-OH is 3. The van der Waals surface area contributed by atoms with Gasteiger partial charge in [0.15, 0.2) is 5.60 Å². The molecule has 0 radical (unpaired) electrons. The van der Waals surface area contributed by atoms with Crippen molar-refractivity contribution in [3.63, 3.8) is 0 Å². The Bertz CT molecular complexity index is 1010. The molecule has 2 aromatic carbocycles. The quantitative estimate of drug-likeness (QED) is 0.313. The van der Waals surface area contributed by atoms with Gasteiger partial charge in [-0.25, -0.2) is 4.79 Å². The van der Waals surface area contributed by atoms with Crippen LogP contribution < -0.4 is 5.32 Å². The lowest BCUT2D eigenvalue weighted by molar-refractivity contribution is -0.229. The van der Waals surface area contributed by atoms with Crippen LogP contribution in [0.3, 0.4) is 0 Å². The molecule has 1 aliphatic rings. The van der Waals surface area contributed by atoms with E-state index in [0.717, 1.165) is 11.1 Å². The van der Waals surface area contributed by atoms with Crippen LogP contribution in [0.5, 0.6) is 0 Å². The van der Waals surface area contributed by atoms with E-state index in [2.05, 4.69) is 5.32 Å². The molecular formula is C27H33NO8. The first-order chi connectivity index (χ1) is 17.2. The fraction of sp³-hybridized carbons (Fsp3) is 0.407. The van der Waals surface area contributed by atoms with Crippen LogP contribution in [0.15, 0.2) is 66.7 Å². The Kier molecular flexibility index (Phi) is 9.74. The number of ether oxygens (including phenoxy) is 2. The highest BCUT2D eigenvalue weighted by molar-refractivity contribution is 5.78. The summed E-state index contributed by atoms with van der Waals surface area (Å²) in [6, 6.07) is 17.4. The van der Waals surface area contributed by atoms with Crippen LogP contribution >= 0.6 is 0 Å². The summed E-state index contributed by atoms with van der Waals surface area (Å²) in [5.41, 5.74) is -0.154. The fourth-order valence-electron chi connectivity index (χ4n) is 4.26. The number of nitrogens with one attached hydrogen (secondary N) is 1. The van der Waals surface area contributed by atoms with E-state index in [0.29, 0.717) is 0 Å². The minimum Gasteiger partial charge on any atom is -0.479 e. The number of hydrogen-bond acceptors (Lipinski definition) is 7. The molecule has 0 spiro atoms. The van der Waals surface area contributed by atoms with Crippen molar-refractivity contribution in [1.29, 1.82) is 0 Å². The standard InChI is InChI=1S/C27H33NO8/c1-18(29)28-23-21(30)15-27(26(33)34,14-8-13-19-9-4-2-5-10-19)36-25(23)24(32)22(31)17-35-16-20-11-6-3-7-12-20/h2-13,21-25,30-32H,14-17H2,1H3,(H,28,29)(H,33,34)/b13-8+/t21-,22+,23+,24+,25+,27+/m0/s1. The number of rotatable bonds is 11. The number of hydrogen-bond donors (Lipinski definition) is 5. The molecule has 5 N–H and O–H groups in total. The lowest BCUT2D eigenvalue weighted by Gasteiger charge is -2.47. The van der Waals surface area contributed by atoms with Gasteiger partial charge in [-0.05, 0) is 11.1 Å². The molecular weight excluding hydrogens is 466 g/mol. The van der Waals surface area contributed by atoms with Crippen molar-refractivity contribution in [3.8, 4) is 0 Å². The molecule has 6 atom stereocenters. The zero-order chi connectivity index (χ0) is 26.1. The molecule has 3 rings (SSSR count). The van der Waals surface area contributed by atoms with Crippen LogP contribution in [-0.2, 0) is 25.7 Å². The van der Waals surface area contributed by atoms with Crippen LogP contribution in [0.25, 0.3) is 6.08 Å². The van der Waals surface area contributed by atoms with Gasteiger partial charge in [-0.1, -0.05) is 72.8 Å². The summed E-state index contributed by atoms with van der Waals surface area (Å²) in [4.78, 5) is 24.1. The van der Waals surface area contributed by atoms with E-state index < -0.39 is 47.9 Å². The number of carbonyl (C=O) groups is 2. The number of aliphatic hydroxyl groups is 3. The molecule has 194 valence electrons. The molecule has 9 heteroatoms. The first kappa shape index (κ1) is 27.5. The Morgan fingerprint density at radius 3 is 2.39 bits per heavy atom. The van der Waals surface area contributed by atoms with Gasteiger partial charge in [0.05, 0.1) is 25.4 Å². The first-order valence-electron chi connectivity index (χ1n) is 11.8. The summed E-state index contributed by atoms with van der Waals surface area (Å²) >= 11 is 0. The molecule has 0 unspecified atom stereocenters. The molecule has 9 nitrogen and oxygen atoms in total.